The molecule has 0 N–H and O–H groups in total. The van der Waals surface area contributed by atoms with Crippen molar-refractivity contribution in [3.63, 3.8) is 0 Å². The van der Waals surface area contributed by atoms with Gasteiger partial charge in [0.05, 0.1) is 5.71 Å². The van der Waals surface area contributed by atoms with Crippen molar-refractivity contribution in [2.75, 3.05) is 7.05 Å². The van der Waals surface area contributed by atoms with Crippen LogP contribution in [0.3, 0.4) is 0 Å². The van der Waals surface area contributed by atoms with E-state index in [0.29, 0.717) is 11.3 Å². The Hall–Kier alpha value is -3.68. The smallest absolute Gasteiger partial charge is 0.308 e. The zero-order chi connectivity index (χ0) is 21.4. The van der Waals surface area contributed by atoms with Crippen LogP contribution in [0.4, 0.5) is 0 Å². The van der Waals surface area contributed by atoms with E-state index in [9.17, 15) is 14.4 Å². The van der Waals surface area contributed by atoms with Gasteiger partial charge in [0.1, 0.15) is 0 Å². The SMILES string of the molecule is Cc1ccc(C2=N[C@H]3C(=O)N(C)[C@]2(c2ccc(C)cc2)n2c(=O)n(C)c(=O)n23)cc1. The van der Waals surface area contributed by atoms with E-state index in [1.807, 2.05) is 62.4 Å². The van der Waals surface area contributed by atoms with E-state index in [1.165, 1.54) is 21.3 Å². The van der Waals surface area contributed by atoms with E-state index < -0.39 is 23.2 Å². The highest BCUT2D eigenvalue weighted by molar-refractivity contribution is 6.12. The van der Waals surface area contributed by atoms with Crippen molar-refractivity contribution in [3.8, 4) is 0 Å². The predicted octanol–water partition coefficient (Wildman–Crippen LogP) is 1.14. The summed E-state index contributed by atoms with van der Waals surface area (Å²) in [5.74, 6) is -0.334. The van der Waals surface area contributed by atoms with Crippen molar-refractivity contribution in [2.45, 2.75) is 25.7 Å². The van der Waals surface area contributed by atoms with Crippen LogP contribution in [0.15, 0.2) is 63.1 Å². The van der Waals surface area contributed by atoms with Crippen molar-refractivity contribution in [3.05, 3.63) is 91.8 Å². The van der Waals surface area contributed by atoms with Gasteiger partial charge >= 0.3 is 11.4 Å². The molecule has 0 saturated heterocycles. The molecule has 0 fully saturated rings. The summed E-state index contributed by atoms with van der Waals surface area (Å²) >= 11 is 0. The van der Waals surface area contributed by atoms with Crippen molar-refractivity contribution < 1.29 is 4.79 Å². The molecule has 152 valence electrons. The summed E-state index contributed by atoms with van der Waals surface area (Å²) in [5, 5.41) is 0. The predicted molar refractivity (Wildman–Crippen MR) is 112 cm³/mol. The molecular weight excluding hydrogens is 382 g/mol. The number of likely N-dealkylation sites (N-methyl/N-ethyl adjacent to an activating group) is 1. The quantitative estimate of drug-likeness (QED) is 0.644. The maximum absolute atomic E-state index is 13.3. The largest absolute Gasteiger partial charge is 0.349 e. The number of nitrogens with zero attached hydrogens (tertiary/aromatic N) is 5. The standard InChI is InChI=1S/C22H21N5O3/c1-13-5-9-15(10-6-13)17-22(16-11-7-14(2)8-12-16)25(4)19(28)18(23-17)26-20(29)24(3)21(30)27(22)26/h5-12,18H,1-4H3/t18-,22-/m1/s1. The van der Waals surface area contributed by atoms with Gasteiger partial charge in [0.2, 0.25) is 11.8 Å². The Bertz CT molecular complexity index is 1340. The van der Waals surface area contributed by atoms with Gasteiger partial charge in [0.15, 0.2) is 0 Å². The first-order valence-corrected chi connectivity index (χ1v) is 9.69. The average molecular weight is 403 g/mol. The molecule has 3 aliphatic heterocycles. The minimum absolute atomic E-state index is 0.334. The summed E-state index contributed by atoms with van der Waals surface area (Å²) < 4.78 is 3.59. The Labute approximate surface area is 172 Å². The number of carbonyl (C=O) groups is 1. The van der Waals surface area contributed by atoms with Crippen LogP contribution < -0.4 is 11.4 Å². The number of hydrogen-bond donors (Lipinski definition) is 0. The first-order valence-electron chi connectivity index (χ1n) is 9.69. The third-order valence-corrected chi connectivity index (χ3v) is 6.10. The lowest BCUT2D eigenvalue weighted by Gasteiger charge is -2.51. The highest BCUT2D eigenvalue weighted by Gasteiger charge is 2.59. The van der Waals surface area contributed by atoms with Gasteiger partial charge in [-0.05, 0) is 13.8 Å². The second-order valence-electron chi connectivity index (χ2n) is 7.93. The summed E-state index contributed by atoms with van der Waals surface area (Å²) in [7, 11) is 3.08. The molecule has 3 aromatic rings. The van der Waals surface area contributed by atoms with Gasteiger partial charge in [-0.3, -0.25) is 4.79 Å². The molecule has 0 saturated carbocycles. The molecule has 4 heterocycles. The molecule has 2 bridgehead atoms. The molecule has 3 aliphatic rings. The van der Waals surface area contributed by atoms with Crippen LogP contribution in [0.2, 0.25) is 0 Å². The summed E-state index contributed by atoms with van der Waals surface area (Å²) in [4.78, 5) is 45.6. The van der Waals surface area contributed by atoms with E-state index in [4.69, 9.17) is 4.99 Å². The lowest BCUT2D eigenvalue weighted by molar-refractivity contribution is -0.146. The van der Waals surface area contributed by atoms with E-state index in [0.717, 1.165) is 21.3 Å². The zero-order valence-corrected chi connectivity index (χ0v) is 17.2. The molecule has 1 aromatic heterocycles. The van der Waals surface area contributed by atoms with Crippen molar-refractivity contribution in [2.24, 2.45) is 12.0 Å². The number of amides is 1. The highest BCUT2D eigenvalue weighted by Crippen LogP contribution is 2.42. The fourth-order valence-corrected chi connectivity index (χ4v) is 4.45. The monoisotopic (exact) mass is 403 g/mol. The number of hydrogen-bond acceptors (Lipinski definition) is 4. The Balaban J connectivity index is 1.95. The number of benzene rings is 2. The number of fused-ring (bicyclic) bond motifs is 1. The van der Waals surface area contributed by atoms with Crippen LogP contribution in [-0.2, 0) is 17.5 Å². The molecule has 0 unspecified atom stereocenters. The first kappa shape index (κ1) is 18.4. The Morgan fingerprint density at radius 1 is 0.833 bits per heavy atom. The van der Waals surface area contributed by atoms with Crippen LogP contribution in [0, 0.1) is 13.8 Å². The Morgan fingerprint density at radius 3 is 2.00 bits per heavy atom. The maximum atomic E-state index is 13.3. The molecule has 1 amide bonds. The van der Waals surface area contributed by atoms with Crippen molar-refractivity contribution >= 4 is 11.6 Å². The van der Waals surface area contributed by atoms with Crippen LogP contribution in [0.5, 0.6) is 0 Å². The number of carbonyl (C=O) groups excluding carboxylic acids is 1. The lowest BCUT2D eigenvalue weighted by atomic mass is 9.84. The van der Waals surface area contributed by atoms with E-state index >= 15 is 0 Å². The molecule has 0 spiro atoms. The summed E-state index contributed by atoms with van der Waals surface area (Å²) in [6.07, 6.45) is -1.11. The first-order chi connectivity index (χ1) is 14.3. The molecule has 8 nitrogen and oxygen atoms in total. The zero-order valence-electron chi connectivity index (χ0n) is 17.2. The van der Waals surface area contributed by atoms with E-state index in [1.54, 1.807) is 7.05 Å². The van der Waals surface area contributed by atoms with Crippen LogP contribution in [0.25, 0.3) is 0 Å². The van der Waals surface area contributed by atoms with Gasteiger partial charge in [0, 0.05) is 25.2 Å². The average Bonchev–Trinajstić information content (AvgIpc) is 2.97. The van der Waals surface area contributed by atoms with E-state index in [-0.39, 0.29) is 5.91 Å². The van der Waals surface area contributed by atoms with Gasteiger partial charge in [-0.1, -0.05) is 59.7 Å². The molecular formula is C22H21N5O3. The minimum Gasteiger partial charge on any atom is -0.308 e. The highest BCUT2D eigenvalue weighted by atomic mass is 16.2. The third-order valence-electron chi connectivity index (χ3n) is 6.10. The lowest BCUT2D eigenvalue weighted by Crippen LogP contribution is -2.70. The van der Waals surface area contributed by atoms with Gasteiger partial charge in [0.25, 0.3) is 5.91 Å². The number of rotatable bonds is 2. The molecule has 6 rings (SSSR count). The Kier molecular flexibility index (Phi) is 3.62. The molecule has 0 radical (unpaired) electrons. The van der Waals surface area contributed by atoms with Crippen molar-refractivity contribution in [1.82, 2.24) is 18.8 Å². The van der Waals surface area contributed by atoms with Crippen LogP contribution in [-0.4, -0.2) is 37.5 Å². The number of aryl methyl sites for hydroxylation is 2. The third kappa shape index (κ3) is 2.05. The summed E-state index contributed by atoms with van der Waals surface area (Å²) in [6, 6.07) is 15.4. The van der Waals surface area contributed by atoms with Gasteiger partial charge in [-0.25, -0.2) is 19.1 Å². The fourth-order valence-electron chi connectivity index (χ4n) is 4.45. The van der Waals surface area contributed by atoms with Gasteiger partial charge in [-0.15, -0.1) is 0 Å². The van der Waals surface area contributed by atoms with Crippen molar-refractivity contribution in [1.29, 1.82) is 0 Å². The topological polar surface area (TPSA) is 81.6 Å². The Morgan fingerprint density at radius 2 is 1.40 bits per heavy atom. The fraction of sp³-hybridized carbons (Fsp3) is 0.273. The second-order valence-corrected chi connectivity index (χ2v) is 7.93. The van der Waals surface area contributed by atoms with Gasteiger partial charge in [-0.2, -0.15) is 9.36 Å². The molecule has 0 aliphatic carbocycles. The summed E-state index contributed by atoms with van der Waals surface area (Å²) in [5.41, 5.74) is 1.74. The maximum Gasteiger partial charge on any atom is 0.349 e. The number of aromatic nitrogens is 3. The molecule has 2 aromatic carbocycles. The van der Waals surface area contributed by atoms with Crippen LogP contribution in [0.1, 0.15) is 28.4 Å². The summed E-state index contributed by atoms with van der Waals surface area (Å²) in [6.45, 7) is 3.96. The van der Waals surface area contributed by atoms with Gasteiger partial charge < -0.3 is 4.90 Å². The minimum atomic E-state index is -1.37. The molecule has 30 heavy (non-hydrogen) atoms. The van der Waals surface area contributed by atoms with E-state index in [2.05, 4.69) is 0 Å². The normalized spacial score (nSPS) is 22.3. The number of aliphatic imine (C=N–C) groups is 1. The second kappa shape index (κ2) is 5.91. The van der Waals surface area contributed by atoms with Crippen LogP contribution >= 0.6 is 0 Å². The molecule has 2 atom stereocenters. The molecule has 8 heteroatoms.